The normalized spacial score (nSPS) is 10.8. The Labute approximate surface area is 120 Å². The molecule has 1 aromatic carbocycles. The average molecular weight is 273 g/mol. The molecule has 0 aliphatic carbocycles. The van der Waals surface area contributed by atoms with Gasteiger partial charge < -0.3 is 14.6 Å². The summed E-state index contributed by atoms with van der Waals surface area (Å²) in [7, 11) is 1.96. The summed E-state index contributed by atoms with van der Waals surface area (Å²) in [6, 6.07) is 4.38. The third-order valence-corrected chi connectivity index (χ3v) is 3.27. The van der Waals surface area contributed by atoms with Gasteiger partial charge in [-0.25, -0.2) is 4.98 Å². The Morgan fingerprint density at radius 2 is 2.00 bits per heavy atom. The van der Waals surface area contributed by atoms with E-state index in [1.807, 2.05) is 19.6 Å². The van der Waals surface area contributed by atoms with Crippen molar-refractivity contribution < 1.29 is 4.74 Å². The van der Waals surface area contributed by atoms with Crippen LogP contribution in [0.3, 0.4) is 0 Å². The van der Waals surface area contributed by atoms with Crippen LogP contribution in [-0.4, -0.2) is 23.2 Å². The molecule has 2 rings (SSSR count). The maximum Gasteiger partial charge on any atom is 0.125 e. The molecule has 0 spiro atoms. The van der Waals surface area contributed by atoms with Crippen LogP contribution in [0.1, 0.15) is 23.1 Å². The number of hydrogen-bond acceptors (Lipinski definition) is 3. The zero-order valence-electron chi connectivity index (χ0n) is 12.5. The molecule has 1 heterocycles. The number of aromatic nitrogens is 2. The summed E-state index contributed by atoms with van der Waals surface area (Å²) in [5, 5.41) is 3.18. The van der Waals surface area contributed by atoms with Crippen LogP contribution in [0, 0.1) is 13.8 Å². The second-order valence-electron chi connectivity index (χ2n) is 5.09. The van der Waals surface area contributed by atoms with Crippen molar-refractivity contribution in [1.82, 2.24) is 14.9 Å². The van der Waals surface area contributed by atoms with Gasteiger partial charge in [0.05, 0.1) is 12.9 Å². The standard InChI is InChI=1S/C16H23N3O/c1-13-9-15(11-17-3)10-14(2)16(13)20-8-4-6-19-7-5-18-12-19/h5,7,9-10,12,17H,4,6,8,11H2,1-3H3. The number of ether oxygens (including phenoxy) is 1. The molecule has 0 bridgehead atoms. The van der Waals surface area contributed by atoms with Crippen LogP contribution in [0.2, 0.25) is 0 Å². The summed E-state index contributed by atoms with van der Waals surface area (Å²) in [6.45, 7) is 6.78. The van der Waals surface area contributed by atoms with E-state index in [4.69, 9.17) is 4.74 Å². The van der Waals surface area contributed by atoms with Gasteiger partial charge in [0, 0.05) is 25.5 Å². The fourth-order valence-corrected chi connectivity index (χ4v) is 2.41. The van der Waals surface area contributed by atoms with E-state index < -0.39 is 0 Å². The Bertz CT molecular complexity index is 512. The fraction of sp³-hybridized carbons (Fsp3) is 0.438. The van der Waals surface area contributed by atoms with Gasteiger partial charge in [-0.05, 0) is 44.0 Å². The van der Waals surface area contributed by atoms with Crippen molar-refractivity contribution in [3.05, 3.63) is 47.5 Å². The van der Waals surface area contributed by atoms with Crippen LogP contribution in [0.4, 0.5) is 0 Å². The molecule has 0 aliphatic heterocycles. The molecule has 0 saturated carbocycles. The monoisotopic (exact) mass is 273 g/mol. The lowest BCUT2D eigenvalue weighted by Gasteiger charge is -2.14. The van der Waals surface area contributed by atoms with E-state index in [0.29, 0.717) is 0 Å². The molecule has 1 N–H and O–H groups in total. The van der Waals surface area contributed by atoms with Crippen LogP contribution in [0.25, 0.3) is 0 Å². The van der Waals surface area contributed by atoms with Crippen LogP contribution < -0.4 is 10.1 Å². The highest BCUT2D eigenvalue weighted by molar-refractivity contribution is 5.43. The second-order valence-corrected chi connectivity index (χ2v) is 5.09. The molecule has 0 amide bonds. The number of imidazole rings is 1. The minimum atomic E-state index is 0.727. The molecular weight excluding hydrogens is 250 g/mol. The number of benzene rings is 1. The first-order chi connectivity index (χ1) is 9.70. The third kappa shape index (κ3) is 3.84. The second kappa shape index (κ2) is 7.10. The molecule has 4 nitrogen and oxygen atoms in total. The van der Waals surface area contributed by atoms with Crippen molar-refractivity contribution in [3.63, 3.8) is 0 Å². The molecular formula is C16H23N3O. The van der Waals surface area contributed by atoms with Gasteiger partial charge in [0.2, 0.25) is 0 Å². The van der Waals surface area contributed by atoms with Gasteiger partial charge in [-0.3, -0.25) is 0 Å². The highest BCUT2D eigenvalue weighted by atomic mass is 16.5. The third-order valence-electron chi connectivity index (χ3n) is 3.27. The van der Waals surface area contributed by atoms with E-state index in [1.165, 1.54) is 16.7 Å². The smallest absolute Gasteiger partial charge is 0.125 e. The van der Waals surface area contributed by atoms with Crippen molar-refractivity contribution in [2.24, 2.45) is 0 Å². The van der Waals surface area contributed by atoms with Crippen molar-refractivity contribution in [2.45, 2.75) is 33.4 Å². The van der Waals surface area contributed by atoms with E-state index in [1.54, 1.807) is 6.20 Å². The van der Waals surface area contributed by atoms with Gasteiger partial charge in [-0.2, -0.15) is 0 Å². The number of aryl methyl sites for hydroxylation is 3. The summed E-state index contributed by atoms with van der Waals surface area (Å²) in [5.74, 6) is 1.02. The van der Waals surface area contributed by atoms with Crippen molar-refractivity contribution in [2.75, 3.05) is 13.7 Å². The van der Waals surface area contributed by atoms with Crippen LogP contribution in [0.5, 0.6) is 5.75 Å². The molecule has 4 heteroatoms. The Balaban J connectivity index is 1.89. The summed E-state index contributed by atoms with van der Waals surface area (Å²) >= 11 is 0. The molecule has 20 heavy (non-hydrogen) atoms. The molecule has 0 radical (unpaired) electrons. The average Bonchev–Trinajstić information content (AvgIpc) is 2.90. The van der Waals surface area contributed by atoms with E-state index >= 15 is 0 Å². The van der Waals surface area contributed by atoms with Gasteiger partial charge in [0.1, 0.15) is 5.75 Å². The molecule has 1 aromatic heterocycles. The van der Waals surface area contributed by atoms with Crippen LogP contribution in [0.15, 0.2) is 30.9 Å². The summed E-state index contributed by atoms with van der Waals surface area (Å²) < 4.78 is 8.01. The first kappa shape index (κ1) is 14.6. The molecule has 0 aliphatic rings. The fourth-order valence-electron chi connectivity index (χ4n) is 2.41. The molecule has 0 fully saturated rings. The largest absolute Gasteiger partial charge is 0.493 e. The molecule has 0 unspecified atom stereocenters. The maximum atomic E-state index is 5.94. The van der Waals surface area contributed by atoms with E-state index in [0.717, 1.165) is 31.9 Å². The van der Waals surface area contributed by atoms with Gasteiger partial charge in [-0.15, -0.1) is 0 Å². The highest BCUT2D eigenvalue weighted by Crippen LogP contribution is 2.25. The van der Waals surface area contributed by atoms with Crippen LogP contribution in [-0.2, 0) is 13.1 Å². The minimum Gasteiger partial charge on any atom is -0.493 e. The Hall–Kier alpha value is -1.81. The minimum absolute atomic E-state index is 0.727. The first-order valence-corrected chi connectivity index (χ1v) is 7.04. The number of nitrogens with one attached hydrogen (secondary N) is 1. The topological polar surface area (TPSA) is 39.1 Å². The van der Waals surface area contributed by atoms with Gasteiger partial charge in [-0.1, -0.05) is 12.1 Å². The predicted octanol–water partition coefficient (Wildman–Crippen LogP) is 2.69. The quantitative estimate of drug-likeness (QED) is 0.788. The highest BCUT2D eigenvalue weighted by Gasteiger charge is 2.06. The van der Waals surface area contributed by atoms with Crippen LogP contribution >= 0.6 is 0 Å². The first-order valence-electron chi connectivity index (χ1n) is 7.04. The summed E-state index contributed by atoms with van der Waals surface area (Å²) in [5.41, 5.74) is 3.71. The zero-order chi connectivity index (χ0) is 14.4. The lowest BCUT2D eigenvalue weighted by molar-refractivity contribution is 0.298. The Morgan fingerprint density at radius 3 is 2.60 bits per heavy atom. The SMILES string of the molecule is CNCc1cc(C)c(OCCCn2ccnc2)c(C)c1. The molecule has 108 valence electrons. The lowest BCUT2D eigenvalue weighted by Crippen LogP contribution is -2.08. The van der Waals surface area contributed by atoms with E-state index in [-0.39, 0.29) is 0 Å². The lowest BCUT2D eigenvalue weighted by atomic mass is 10.1. The van der Waals surface area contributed by atoms with E-state index in [9.17, 15) is 0 Å². The van der Waals surface area contributed by atoms with Gasteiger partial charge in [0.15, 0.2) is 0 Å². The Kier molecular flexibility index (Phi) is 5.18. The Morgan fingerprint density at radius 1 is 1.25 bits per heavy atom. The zero-order valence-corrected chi connectivity index (χ0v) is 12.5. The molecule has 2 aromatic rings. The van der Waals surface area contributed by atoms with Gasteiger partial charge >= 0.3 is 0 Å². The number of rotatable bonds is 7. The van der Waals surface area contributed by atoms with Crippen molar-refractivity contribution in [1.29, 1.82) is 0 Å². The molecule has 0 saturated heterocycles. The maximum absolute atomic E-state index is 5.94. The van der Waals surface area contributed by atoms with Gasteiger partial charge in [0.25, 0.3) is 0 Å². The predicted molar refractivity (Wildman–Crippen MR) is 81.0 cm³/mol. The van der Waals surface area contributed by atoms with Crippen molar-refractivity contribution in [3.8, 4) is 5.75 Å². The summed E-state index contributed by atoms with van der Waals surface area (Å²) in [6.07, 6.45) is 6.59. The summed E-state index contributed by atoms with van der Waals surface area (Å²) in [4.78, 5) is 4.03. The number of nitrogens with zero attached hydrogens (tertiary/aromatic N) is 2. The number of hydrogen-bond donors (Lipinski definition) is 1. The van der Waals surface area contributed by atoms with Crippen molar-refractivity contribution >= 4 is 0 Å². The van der Waals surface area contributed by atoms with E-state index in [2.05, 4.69) is 40.8 Å². The molecule has 0 atom stereocenters.